The number of hydrogen-bond acceptors (Lipinski definition) is 20. The molecule has 0 radical (unpaired) electrons. The summed E-state index contributed by atoms with van der Waals surface area (Å²) in [5.41, 5.74) is 6.95. The first-order valence-corrected chi connectivity index (χ1v) is 43.2. The van der Waals surface area contributed by atoms with Crippen LogP contribution in [0.25, 0.3) is 40.3 Å². The molecule has 5 saturated heterocycles. The van der Waals surface area contributed by atoms with E-state index in [1.807, 2.05) is 159 Å². The van der Waals surface area contributed by atoms with Crippen molar-refractivity contribution in [3.8, 4) is 0 Å². The Balaban J connectivity index is 0.000000111. The molecule has 6 aromatic carbocycles. The predicted octanol–water partition coefficient (Wildman–Crippen LogP) is 12.4. The molecule has 108 heavy (non-hydrogen) atoms. The standard InChI is InChI=1S/C18H25N3OS.2C17H21N3O2S.C12H14N2O2S.2C9H8OS/c22-18-16-6-2-3-7-17(16)23-21(18)14-19-12-8-15(9-13-19)20-10-4-1-5-11-20;1-12-2-5-15-14(10-12)17(22)20(23-15)11-18-6-8-19(9-7-18)16(21)13-3-4-13;1-12-2-5-14-15(10-12)23-20(17(14)22)11-18-6-8-19(9-7-18)16(21)13-3-4-13;15-9-5-6-13(7-9)8-14-12(16)10-3-1-2-4-11(10)17-14;1-6-2-3-9-7(4-6)8(10)5-11-9;1-6-2-3-7-8(10)5-11-9(7)4-6/h2-3,6-7,15H,1,4-5,8-14H2;2*2,5,10,13H,3-4,6-9,11H2,1H3;1-4,9,15H,5-8H2;2*2-4H,5H2,1H3/t;;;9-;;/m...1../s1. The molecule has 570 valence electrons. The Morgan fingerprint density at radius 1 is 0.380 bits per heavy atom. The molecule has 2 amide bonds. The van der Waals surface area contributed by atoms with Gasteiger partial charge in [-0.25, -0.2) is 15.8 Å². The van der Waals surface area contributed by atoms with E-state index in [-0.39, 0.29) is 39.9 Å². The number of piperazine rings is 2. The first kappa shape index (κ1) is 77.5. The number of amides is 2. The van der Waals surface area contributed by atoms with Gasteiger partial charge in [0.1, 0.15) is 0 Å². The number of aliphatic hydroxyl groups is 1. The molecule has 7 fully saturated rings. The van der Waals surface area contributed by atoms with Crippen LogP contribution in [-0.2, 0) is 36.3 Å². The highest BCUT2D eigenvalue weighted by atomic mass is 32.2. The van der Waals surface area contributed by atoms with Crippen LogP contribution in [0, 0.1) is 39.5 Å². The second kappa shape index (κ2) is 35.5. The van der Waals surface area contributed by atoms with Crippen LogP contribution in [-0.4, -0.2) is 194 Å². The van der Waals surface area contributed by atoms with Gasteiger partial charge in [-0.3, -0.25) is 58.0 Å². The number of aromatic nitrogens is 4. The molecule has 11 heterocycles. The summed E-state index contributed by atoms with van der Waals surface area (Å²) in [5.74, 6) is 3.06. The van der Waals surface area contributed by atoms with E-state index >= 15 is 0 Å². The van der Waals surface area contributed by atoms with E-state index in [0.717, 1.165) is 184 Å². The summed E-state index contributed by atoms with van der Waals surface area (Å²) >= 11 is 9.43. The third-order valence-corrected chi connectivity index (χ3v) is 27.9. The maximum atomic E-state index is 12.5. The summed E-state index contributed by atoms with van der Waals surface area (Å²) in [5, 5.41) is 12.7. The van der Waals surface area contributed by atoms with Gasteiger partial charge in [-0.2, -0.15) is 0 Å². The predicted molar refractivity (Wildman–Crippen MR) is 440 cm³/mol. The fourth-order valence-electron chi connectivity index (χ4n) is 15.0. The van der Waals surface area contributed by atoms with E-state index in [1.165, 1.54) is 96.5 Å². The molecule has 26 heteroatoms. The van der Waals surface area contributed by atoms with Gasteiger partial charge in [0.2, 0.25) is 11.8 Å². The Morgan fingerprint density at radius 2 is 0.806 bits per heavy atom. The fourth-order valence-corrected chi connectivity index (χ4v) is 21.1. The Kier molecular flexibility index (Phi) is 25.5. The van der Waals surface area contributed by atoms with Gasteiger partial charge in [0, 0.05) is 117 Å². The van der Waals surface area contributed by atoms with Gasteiger partial charge in [0.05, 0.1) is 84.6 Å². The number of carbonyl (C=O) groups is 4. The number of nitrogens with zero attached hydrogens (tertiary/aromatic N) is 11. The fraction of sp³-hybridized carbons (Fsp3) is 0.463. The van der Waals surface area contributed by atoms with E-state index in [2.05, 4.69) is 36.6 Å². The lowest BCUT2D eigenvalue weighted by molar-refractivity contribution is -0.135. The number of hydrogen-bond donors (Lipinski definition) is 1. The van der Waals surface area contributed by atoms with Crippen molar-refractivity contribution in [2.75, 3.05) is 103 Å². The van der Waals surface area contributed by atoms with Gasteiger partial charge in [-0.1, -0.05) is 112 Å². The van der Waals surface area contributed by atoms with Crippen LogP contribution < -0.4 is 22.2 Å². The summed E-state index contributed by atoms with van der Waals surface area (Å²) in [6, 6.07) is 40.4. The van der Waals surface area contributed by atoms with Crippen LogP contribution in [0.1, 0.15) is 107 Å². The van der Waals surface area contributed by atoms with E-state index in [4.69, 9.17) is 0 Å². The number of thioether (sulfide) groups is 2. The Bertz CT molecular complexity index is 5090. The molecule has 1 atom stereocenters. The minimum atomic E-state index is -0.236. The van der Waals surface area contributed by atoms with Gasteiger partial charge in [0.25, 0.3) is 22.2 Å². The van der Waals surface area contributed by atoms with Gasteiger partial charge >= 0.3 is 0 Å². The number of ketones is 2. The maximum absolute atomic E-state index is 12.5. The largest absolute Gasteiger partial charge is 0.392 e. The average Bonchev–Trinajstić information content (AvgIpc) is 1.68. The van der Waals surface area contributed by atoms with Crippen LogP contribution in [0.15, 0.2) is 150 Å². The van der Waals surface area contributed by atoms with Gasteiger partial charge in [-0.05, 0) is 182 Å². The molecular formula is C82H97N11O9S6. The number of rotatable bonds is 11. The van der Waals surface area contributed by atoms with Crippen molar-refractivity contribution in [2.24, 2.45) is 11.8 Å². The van der Waals surface area contributed by atoms with Gasteiger partial charge in [0.15, 0.2) is 11.6 Å². The van der Waals surface area contributed by atoms with E-state index in [0.29, 0.717) is 61.7 Å². The zero-order chi connectivity index (χ0) is 75.1. The van der Waals surface area contributed by atoms with Crippen LogP contribution >= 0.6 is 69.7 Å². The lowest BCUT2D eigenvalue weighted by Crippen LogP contribution is -2.49. The molecule has 0 bridgehead atoms. The number of β-amino-alcohol motifs (C(OH)–C–C–N with tert-alkyl or cyclic N) is 1. The number of aliphatic hydroxyl groups excluding tert-OH is 1. The van der Waals surface area contributed by atoms with Crippen LogP contribution in [0.4, 0.5) is 0 Å². The number of carbonyl (C=O) groups excluding carboxylic acids is 4. The summed E-state index contributed by atoms with van der Waals surface area (Å²) < 4.78 is 11.6. The zero-order valence-electron chi connectivity index (χ0n) is 62.2. The smallest absolute Gasteiger partial charge is 0.269 e. The van der Waals surface area contributed by atoms with E-state index in [9.17, 15) is 43.5 Å². The summed E-state index contributed by atoms with van der Waals surface area (Å²) in [7, 11) is 0. The zero-order valence-corrected chi connectivity index (χ0v) is 67.1. The van der Waals surface area contributed by atoms with Crippen LogP contribution in [0.2, 0.25) is 0 Å². The number of benzene rings is 6. The second-order valence-electron chi connectivity index (χ2n) is 30.0. The quantitative estimate of drug-likeness (QED) is 0.128. The van der Waals surface area contributed by atoms with Crippen molar-refractivity contribution < 1.29 is 24.3 Å². The maximum Gasteiger partial charge on any atom is 0.269 e. The van der Waals surface area contributed by atoms with Gasteiger partial charge in [-0.15, -0.1) is 23.5 Å². The number of Topliss-reactive ketones (excluding diaryl/α,β-unsaturated/α-hetero) is 2. The molecule has 19 rings (SSSR count). The number of aryl methyl sites for hydroxylation is 4. The molecule has 2 aliphatic carbocycles. The van der Waals surface area contributed by atoms with Crippen molar-refractivity contribution in [2.45, 2.75) is 141 Å². The Morgan fingerprint density at radius 3 is 1.34 bits per heavy atom. The third-order valence-electron chi connectivity index (χ3n) is 21.5. The molecule has 4 aromatic heterocycles. The lowest BCUT2D eigenvalue weighted by Gasteiger charge is -2.40. The van der Waals surface area contributed by atoms with Crippen molar-refractivity contribution >= 4 is 133 Å². The Labute approximate surface area is 654 Å². The highest BCUT2D eigenvalue weighted by Gasteiger charge is 2.36. The van der Waals surface area contributed by atoms with Crippen molar-refractivity contribution in [1.29, 1.82) is 0 Å². The van der Waals surface area contributed by atoms with Crippen LogP contribution in [0.5, 0.6) is 0 Å². The molecule has 2 saturated carbocycles. The average molecular weight is 1570 g/mol. The number of fused-ring (bicyclic) bond motifs is 6. The van der Waals surface area contributed by atoms with E-state index in [1.54, 1.807) is 39.0 Å². The number of likely N-dealkylation sites (tertiary alicyclic amines) is 3. The minimum Gasteiger partial charge on any atom is -0.392 e. The summed E-state index contributed by atoms with van der Waals surface area (Å²) in [6.07, 6.45) is 11.5. The van der Waals surface area contributed by atoms with Crippen molar-refractivity contribution in [3.63, 3.8) is 0 Å². The first-order chi connectivity index (χ1) is 52.3. The topological polar surface area (TPSA) is 199 Å². The molecule has 10 aromatic rings. The molecule has 9 aliphatic rings. The second-order valence-corrected chi connectivity index (χ2v) is 36.3. The van der Waals surface area contributed by atoms with Gasteiger partial charge < -0.3 is 19.8 Å². The normalized spacial score (nSPS) is 19.4. The summed E-state index contributed by atoms with van der Waals surface area (Å²) in [4.78, 5) is 114. The Hall–Kier alpha value is -7.18. The minimum absolute atomic E-state index is 0.0759. The van der Waals surface area contributed by atoms with Crippen molar-refractivity contribution in [3.05, 3.63) is 196 Å². The van der Waals surface area contributed by atoms with Crippen LogP contribution in [0.3, 0.4) is 0 Å². The monoisotopic (exact) mass is 1570 g/mol. The summed E-state index contributed by atoms with van der Waals surface area (Å²) in [6.45, 7) is 23.6. The molecule has 20 nitrogen and oxygen atoms in total. The molecule has 1 N–H and O–H groups in total. The molecule has 0 unspecified atom stereocenters. The van der Waals surface area contributed by atoms with E-state index < -0.39 is 0 Å². The molecule has 7 aliphatic heterocycles. The lowest BCUT2D eigenvalue weighted by atomic mass is 10.0. The van der Waals surface area contributed by atoms with Crippen molar-refractivity contribution in [1.82, 2.24) is 50.1 Å². The SMILES string of the molecule is Cc1ccc2c(=O)n(CN3CCN(C(=O)C4CC4)CC3)sc2c1.Cc1ccc2c(c1)C(=O)CS2.Cc1ccc2c(c1)SCC2=O.Cc1ccc2sn(CN3CCN(C(=O)C4CC4)CC3)c(=O)c2c1.O=c1c2ccccc2sn1CN1CCC(N2CCCCC2)CC1.O=c1c2ccccc2sn1CN1CC[C@@H](O)C1. The number of piperidine rings is 2. The molecular weight excluding hydrogens is 1480 g/mol. The first-order valence-electron chi connectivity index (χ1n) is 38.1. The third kappa shape index (κ3) is 19.2. The molecule has 0 spiro atoms. The highest BCUT2D eigenvalue weighted by molar-refractivity contribution is 8.00. The highest BCUT2D eigenvalue weighted by Crippen LogP contribution is 2.35.